The Bertz CT molecular complexity index is 1210. The van der Waals surface area contributed by atoms with Crippen molar-refractivity contribution in [3.05, 3.63) is 65.2 Å². The molecule has 1 atom stereocenters. The van der Waals surface area contributed by atoms with Gasteiger partial charge in [-0.2, -0.15) is 0 Å². The number of nitrogens with zero attached hydrogens (tertiary/aromatic N) is 1. The van der Waals surface area contributed by atoms with Gasteiger partial charge in [-0.15, -0.1) is 0 Å². The quantitative estimate of drug-likeness (QED) is 0.190. The predicted octanol–water partition coefficient (Wildman–Crippen LogP) is 2.94. The molecule has 4 amide bonds. The van der Waals surface area contributed by atoms with Crippen molar-refractivity contribution in [1.29, 1.82) is 0 Å². The molecule has 2 aliphatic rings. The van der Waals surface area contributed by atoms with E-state index >= 15 is 0 Å². The Morgan fingerprint density at radius 1 is 0.738 bits per heavy atom. The summed E-state index contributed by atoms with van der Waals surface area (Å²) in [6, 6.07) is 14.1. The van der Waals surface area contributed by atoms with Gasteiger partial charge in [0.15, 0.2) is 0 Å². The van der Waals surface area contributed by atoms with E-state index in [1.54, 1.807) is 18.2 Å². The molecule has 4 rings (SSSR count). The van der Waals surface area contributed by atoms with E-state index in [1.807, 2.05) is 30.3 Å². The Morgan fingerprint density at radius 2 is 1.38 bits per heavy atom. The zero-order valence-electron chi connectivity index (χ0n) is 23.8. The average Bonchev–Trinajstić information content (AvgIpc) is 3.25. The number of ether oxygens (including phenoxy) is 4. The van der Waals surface area contributed by atoms with Crippen molar-refractivity contribution in [1.82, 2.24) is 10.2 Å². The Hall–Kier alpha value is -3.64. The third-order valence-corrected chi connectivity index (χ3v) is 6.87. The predicted molar refractivity (Wildman–Crippen MR) is 154 cm³/mol. The molecule has 0 spiro atoms. The lowest BCUT2D eigenvalue weighted by Gasteiger charge is -2.27. The summed E-state index contributed by atoms with van der Waals surface area (Å²) >= 11 is 0. The number of imide groups is 2. The van der Waals surface area contributed by atoms with Gasteiger partial charge in [0, 0.05) is 58.3 Å². The van der Waals surface area contributed by atoms with Gasteiger partial charge in [-0.25, -0.2) is 0 Å². The Morgan fingerprint density at radius 3 is 2.05 bits per heavy atom. The first kappa shape index (κ1) is 31.3. The fourth-order valence-electron chi connectivity index (χ4n) is 4.78. The molecule has 11 nitrogen and oxygen atoms in total. The van der Waals surface area contributed by atoms with Gasteiger partial charge < -0.3 is 24.3 Å². The van der Waals surface area contributed by atoms with Crippen LogP contribution in [-0.4, -0.2) is 87.4 Å². The van der Waals surface area contributed by atoms with Gasteiger partial charge >= 0.3 is 0 Å². The van der Waals surface area contributed by atoms with E-state index in [-0.39, 0.29) is 24.0 Å². The van der Waals surface area contributed by atoms with Crippen LogP contribution in [0.1, 0.15) is 58.4 Å². The van der Waals surface area contributed by atoms with Crippen LogP contribution in [0.4, 0.5) is 5.69 Å². The molecular formula is C31H39N3O8. The topological polar surface area (TPSA) is 132 Å². The molecule has 0 aliphatic carbocycles. The van der Waals surface area contributed by atoms with Crippen molar-refractivity contribution in [2.45, 2.75) is 44.8 Å². The van der Waals surface area contributed by atoms with Crippen LogP contribution in [0.25, 0.3) is 0 Å². The monoisotopic (exact) mass is 581 g/mol. The number of rotatable bonds is 19. The summed E-state index contributed by atoms with van der Waals surface area (Å²) in [5, 5.41) is 5.36. The van der Waals surface area contributed by atoms with Crippen LogP contribution >= 0.6 is 0 Å². The van der Waals surface area contributed by atoms with E-state index in [1.165, 1.54) is 5.56 Å². The number of fused-ring (bicyclic) bond motifs is 1. The van der Waals surface area contributed by atoms with Crippen LogP contribution in [-0.2, 0) is 35.1 Å². The summed E-state index contributed by atoms with van der Waals surface area (Å²) in [6.45, 7) is 5.24. The van der Waals surface area contributed by atoms with Gasteiger partial charge in [0.2, 0.25) is 11.8 Å². The molecule has 2 heterocycles. The number of hydrogen-bond donors (Lipinski definition) is 2. The lowest BCUT2D eigenvalue weighted by atomic mass is 10.0. The highest BCUT2D eigenvalue weighted by molar-refractivity contribution is 6.25. The molecule has 11 heteroatoms. The SMILES string of the molecule is O=C1CCC(N2C(=O)c3cccc(NCCOCCCOCCCOCCCOCc4ccccc4)c3C2=O)C(=O)N1. The highest BCUT2D eigenvalue weighted by Crippen LogP contribution is 2.32. The molecule has 0 radical (unpaired) electrons. The van der Waals surface area contributed by atoms with Crippen molar-refractivity contribution >= 4 is 29.3 Å². The number of piperidine rings is 1. The summed E-state index contributed by atoms with van der Waals surface area (Å²) in [5.41, 5.74) is 2.16. The van der Waals surface area contributed by atoms with E-state index in [0.29, 0.717) is 65.1 Å². The Labute approximate surface area is 245 Å². The molecule has 1 saturated heterocycles. The zero-order chi connectivity index (χ0) is 29.6. The van der Waals surface area contributed by atoms with E-state index in [4.69, 9.17) is 18.9 Å². The van der Waals surface area contributed by atoms with Crippen LogP contribution in [0, 0.1) is 0 Å². The summed E-state index contributed by atoms with van der Waals surface area (Å²) < 4.78 is 22.5. The summed E-state index contributed by atoms with van der Waals surface area (Å²) in [6.07, 6.45) is 2.66. The Balaban J connectivity index is 1.00. The van der Waals surface area contributed by atoms with Crippen LogP contribution < -0.4 is 10.6 Å². The van der Waals surface area contributed by atoms with Crippen LogP contribution in [0.3, 0.4) is 0 Å². The molecule has 2 aliphatic heterocycles. The van der Waals surface area contributed by atoms with Gasteiger partial charge in [0.25, 0.3) is 11.8 Å². The van der Waals surface area contributed by atoms with Gasteiger partial charge in [0.1, 0.15) is 6.04 Å². The maximum atomic E-state index is 13.1. The fraction of sp³-hybridized carbons (Fsp3) is 0.484. The molecular weight excluding hydrogens is 542 g/mol. The molecule has 1 unspecified atom stereocenters. The minimum absolute atomic E-state index is 0.0815. The highest BCUT2D eigenvalue weighted by Gasteiger charge is 2.45. The van der Waals surface area contributed by atoms with Crippen molar-refractivity contribution in [3.8, 4) is 0 Å². The number of benzene rings is 2. The molecule has 2 aromatic rings. The molecule has 1 fully saturated rings. The van der Waals surface area contributed by atoms with E-state index < -0.39 is 29.7 Å². The summed E-state index contributed by atoms with van der Waals surface area (Å²) in [7, 11) is 0. The first-order valence-electron chi connectivity index (χ1n) is 14.5. The normalized spacial score (nSPS) is 16.6. The van der Waals surface area contributed by atoms with Gasteiger partial charge in [-0.05, 0) is 43.4 Å². The highest BCUT2D eigenvalue weighted by atomic mass is 16.5. The van der Waals surface area contributed by atoms with Gasteiger partial charge in [-0.1, -0.05) is 36.4 Å². The van der Waals surface area contributed by atoms with Crippen LogP contribution in [0.2, 0.25) is 0 Å². The number of carbonyl (C=O) groups is 4. The second-order valence-electron chi connectivity index (χ2n) is 10.0. The molecule has 42 heavy (non-hydrogen) atoms. The standard InChI is InChI=1S/C31H39N3O8/c35-27-13-12-26(29(36)33-27)34-30(37)24-10-4-11-25(28(24)31(34)38)32-14-21-41-19-6-17-39-15-5-16-40-18-7-20-42-22-23-8-2-1-3-9-23/h1-4,8-11,26,32H,5-7,12-22H2,(H,33,35,36). The largest absolute Gasteiger partial charge is 0.382 e. The van der Waals surface area contributed by atoms with Crippen molar-refractivity contribution in [3.63, 3.8) is 0 Å². The lowest BCUT2D eigenvalue weighted by Crippen LogP contribution is -2.54. The third-order valence-electron chi connectivity index (χ3n) is 6.87. The molecule has 226 valence electrons. The van der Waals surface area contributed by atoms with Gasteiger partial charge in [-0.3, -0.25) is 29.4 Å². The smallest absolute Gasteiger partial charge is 0.264 e. The van der Waals surface area contributed by atoms with E-state index in [0.717, 1.165) is 24.2 Å². The molecule has 0 bridgehead atoms. The minimum atomic E-state index is -0.989. The van der Waals surface area contributed by atoms with Crippen molar-refractivity contribution in [2.75, 3.05) is 58.1 Å². The van der Waals surface area contributed by atoms with Crippen LogP contribution in [0.15, 0.2) is 48.5 Å². The number of carbonyl (C=O) groups excluding carboxylic acids is 4. The number of nitrogens with one attached hydrogen (secondary N) is 2. The van der Waals surface area contributed by atoms with E-state index in [2.05, 4.69) is 10.6 Å². The maximum absolute atomic E-state index is 13.1. The molecule has 0 aromatic heterocycles. The Kier molecular flexibility index (Phi) is 12.5. The van der Waals surface area contributed by atoms with Crippen molar-refractivity contribution in [2.24, 2.45) is 0 Å². The molecule has 0 saturated carbocycles. The third kappa shape index (κ3) is 8.93. The second-order valence-corrected chi connectivity index (χ2v) is 10.0. The summed E-state index contributed by atoms with van der Waals surface area (Å²) in [5.74, 6) is -2.10. The van der Waals surface area contributed by atoms with Crippen molar-refractivity contribution < 1.29 is 38.1 Å². The maximum Gasteiger partial charge on any atom is 0.264 e. The number of hydrogen-bond acceptors (Lipinski definition) is 9. The first-order chi connectivity index (χ1) is 20.6. The lowest BCUT2D eigenvalue weighted by molar-refractivity contribution is -0.136. The first-order valence-corrected chi connectivity index (χ1v) is 14.5. The second kappa shape index (κ2) is 16.7. The van der Waals surface area contributed by atoms with E-state index in [9.17, 15) is 19.2 Å². The zero-order valence-corrected chi connectivity index (χ0v) is 23.8. The minimum Gasteiger partial charge on any atom is -0.382 e. The fourth-order valence-corrected chi connectivity index (χ4v) is 4.78. The molecule has 2 aromatic carbocycles. The molecule has 2 N–H and O–H groups in total. The van der Waals surface area contributed by atoms with Gasteiger partial charge in [0.05, 0.1) is 24.3 Å². The number of amides is 4. The van der Waals surface area contributed by atoms with Crippen LogP contribution in [0.5, 0.6) is 0 Å². The summed E-state index contributed by atoms with van der Waals surface area (Å²) in [4.78, 5) is 50.7. The number of anilines is 1. The average molecular weight is 582 g/mol.